The molecule has 0 unspecified atom stereocenters. The molecule has 1 aliphatic carbocycles. The quantitative estimate of drug-likeness (QED) is 0.870. The maximum absolute atomic E-state index is 11.4. The molecular weight excluding hydrogens is 276 g/mol. The van der Waals surface area contributed by atoms with E-state index in [0.29, 0.717) is 24.6 Å². The van der Waals surface area contributed by atoms with Crippen LogP contribution in [0, 0.1) is 6.92 Å². The Morgan fingerprint density at radius 3 is 2.40 bits per heavy atom. The van der Waals surface area contributed by atoms with Crippen molar-refractivity contribution in [2.24, 2.45) is 0 Å². The summed E-state index contributed by atoms with van der Waals surface area (Å²) in [6.07, 6.45) is 3.52. The van der Waals surface area contributed by atoms with Gasteiger partial charge in [-0.05, 0) is 32.6 Å². The molecule has 1 saturated carbocycles. The number of rotatable bonds is 3. The van der Waals surface area contributed by atoms with Crippen LogP contribution >= 0.6 is 0 Å². The van der Waals surface area contributed by atoms with Gasteiger partial charge >= 0.3 is 0 Å². The summed E-state index contributed by atoms with van der Waals surface area (Å²) >= 11 is 0. The zero-order chi connectivity index (χ0) is 14.3. The summed E-state index contributed by atoms with van der Waals surface area (Å²) in [5.41, 5.74) is 6.80. The van der Waals surface area contributed by atoms with Gasteiger partial charge in [0, 0.05) is 17.5 Å². The van der Waals surface area contributed by atoms with Crippen LogP contribution in [0.5, 0.6) is 0 Å². The summed E-state index contributed by atoms with van der Waals surface area (Å²) in [4.78, 5) is 8.92. The number of hydrogen-bond donors (Lipinski definition) is 2. The Bertz CT molecular complexity index is 612. The average molecular weight is 296 g/mol. The summed E-state index contributed by atoms with van der Waals surface area (Å²) in [6.45, 7) is 1.90. The molecule has 7 heteroatoms. The first-order valence-corrected chi connectivity index (χ1v) is 8.88. The normalized spacial score (nSPS) is 22.6. The van der Waals surface area contributed by atoms with E-state index in [4.69, 9.17) is 5.73 Å². The molecule has 0 atom stereocenters. The molecule has 1 aliphatic heterocycles. The van der Waals surface area contributed by atoms with E-state index in [9.17, 15) is 8.42 Å². The number of nitrogens with two attached hydrogens (primary N) is 1. The first-order chi connectivity index (χ1) is 9.44. The van der Waals surface area contributed by atoms with E-state index >= 15 is 0 Å². The molecular formula is C13H20N4O2S. The van der Waals surface area contributed by atoms with Gasteiger partial charge in [0.15, 0.2) is 0 Å². The monoisotopic (exact) mass is 296 g/mol. The minimum Gasteiger partial charge on any atom is -0.383 e. The van der Waals surface area contributed by atoms with Crippen molar-refractivity contribution >= 4 is 21.5 Å². The number of nitrogens with zero attached hydrogens (tertiary/aromatic N) is 2. The molecule has 110 valence electrons. The van der Waals surface area contributed by atoms with Gasteiger partial charge < -0.3 is 11.1 Å². The average Bonchev–Trinajstić information content (AvgIpc) is 3.21. The van der Waals surface area contributed by atoms with E-state index in [-0.39, 0.29) is 17.5 Å². The number of nitrogen functional groups attached to an aromatic ring is 1. The molecule has 1 saturated heterocycles. The van der Waals surface area contributed by atoms with Gasteiger partial charge in [0.1, 0.15) is 27.3 Å². The first-order valence-electron chi connectivity index (χ1n) is 7.05. The molecule has 2 aliphatic rings. The predicted molar refractivity (Wildman–Crippen MR) is 78.5 cm³/mol. The summed E-state index contributed by atoms with van der Waals surface area (Å²) in [7, 11) is -2.84. The zero-order valence-corrected chi connectivity index (χ0v) is 12.4. The van der Waals surface area contributed by atoms with Crippen molar-refractivity contribution in [3.63, 3.8) is 0 Å². The highest BCUT2D eigenvalue weighted by atomic mass is 32.2. The molecule has 2 fully saturated rings. The van der Waals surface area contributed by atoms with E-state index in [1.165, 1.54) is 0 Å². The van der Waals surface area contributed by atoms with Gasteiger partial charge in [-0.25, -0.2) is 18.4 Å². The zero-order valence-electron chi connectivity index (χ0n) is 11.6. The van der Waals surface area contributed by atoms with Crippen LogP contribution in [-0.2, 0) is 9.84 Å². The molecule has 0 radical (unpaired) electrons. The second kappa shape index (κ2) is 4.87. The van der Waals surface area contributed by atoms with Crippen molar-refractivity contribution in [2.45, 2.75) is 44.6 Å². The molecule has 2 heterocycles. The largest absolute Gasteiger partial charge is 0.383 e. The number of nitrogens with one attached hydrogen (secondary N) is 1. The third-order valence-corrected chi connectivity index (χ3v) is 5.75. The number of aromatic nitrogens is 2. The SMILES string of the molecule is Cc1c(N)nc(C2CC2)nc1NC1CCS(=O)(=O)CC1. The first kappa shape index (κ1) is 13.6. The van der Waals surface area contributed by atoms with E-state index in [1.807, 2.05) is 6.92 Å². The van der Waals surface area contributed by atoms with Gasteiger partial charge in [0.2, 0.25) is 0 Å². The molecule has 3 rings (SSSR count). The van der Waals surface area contributed by atoms with Gasteiger partial charge in [0.25, 0.3) is 0 Å². The maximum atomic E-state index is 11.4. The molecule has 20 heavy (non-hydrogen) atoms. The van der Waals surface area contributed by atoms with Crippen molar-refractivity contribution in [2.75, 3.05) is 22.6 Å². The third kappa shape index (κ3) is 2.87. The molecule has 0 amide bonds. The second-order valence-electron chi connectivity index (χ2n) is 5.79. The highest BCUT2D eigenvalue weighted by Gasteiger charge is 2.29. The summed E-state index contributed by atoms with van der Waals surface area (Å²) in [6, 6.07) is 0.151. The lowest BCUT2D eigenvalue weighted by atomic mass is 10.1. The minimum absolute atomic E-state index is 0.151. The molecule has 3 N–H and O–H groups in total. The molecule has 0 spiro atoms. The van der Waals surface area contributed by atoms with Crippen LogP contribution in [0.2, 0.25) is 0 Å². The van der Waals surface area contributed by atoms with E-state index < -0.39 is 9.84 Å². The molecule has 1 aromatic rings. The molecule has 1 aromatic heterocycles. The fourth-order valence-electron chi connectivity index (χ4n) is 2.44. The highest BCUT2D eigenvalue weighted by molar-refractivity contribution is 7.91. The van der Waals surface area contributed by atoms with E-state index in [0.717, 1.165) is 30.0 Å². The predicted octanol–water partition coefficient (Wildman–Crippen LogP) is 1.23. The molecule has 6 nitrogen and oxygen atoms in total. The van der Waals surface area contributed by atoms with Crippen LogP contribution in [0.3, 0.4) is 0 Å². The number of anilines is 2. The van der Waals surface area contributed by atoms with Crippen molar-refractivity contribution < 1.29 is 8.42 Å². The Morgan fingerprint density at radius 2 is 1.80 bits per heavy atom. The van der Waals surface area contributed by atoms with Crippen LogP contribution in [-0.4, -0.2) is 35.9 Å². The van der Waals surface area contributed by atoms with Crippen LogP contribution < -0.4 is 11.1 Å². The summed E-state index contributed by atoms with van der Waals surface area (Å²) in [5.74, 6) is 3.06. The van der Waals surface area contributed by atoms with Crippen molar-refractivity contribution in [3.05, 3.63) is 11.4 Å². The van der Waals surface area contributed by atoms with Crippen LogP contribution in [0.15, 0.2) is 0 Å². The smallest absolute Gasteiger partial charge is 0.150 e. The number of sulfone groups is 1. The van der Waals surface area contributed by atoms with Crippen LogP contribution in [0.4, 0.5) is 11.6 Å². The van der Waals surface area contributed by atoms with Crippen LogP contribution in [0.25, 0.3) is 0 Å². The maximum Gasteiger partial charge on any atom is 0.150 e. The van der Waals surface area contributed by atoms with Crippen molar-refractivity contribution in [3.8, 4) is 0 Å². The lowest BCUT2D eigenvalue weighted by molar-refractivity contribution is 0.558. The Balaban J connectivity index is 1.77. The van der Waals surface area contributed by atoms with Crippen molar-refractivity contribution in [1.29, 1.82) is 0 Å². The fourth-order valence-corrected chi connectivity index (χ4v) is 3.94. The Labute approximate surface area is 119 Å². The topological polar surface area (TPSA) is 98.0 Å². The second-order valence-corrected chi connectivity index (χ2v) is 8.09. The Morgan fingerprint density at radius 1 is 1.15 bits per heavy atom. The van der Waals surface area contributed by atoms with E-state index in [1.54, 1.807) is 0 Å². The number of hydrogen-bond acceptors (Lipinski definition) is 6. The summed E-state index contributed by atoms with van der Waals surface area (Å²) < 4.78 is 22.9. The standard InChI is InChI=1S/C13H20N4O2S/c1-8-11(14)16-13(9-2-3-9)17-12(8)15-10-4-6-20(18,19)7-5-10/h9-10H,2-7H2,1H3,(H3,14,15,16,17). The van der Waals surface area contributed by atoms with Gasteiger partial charge in [-0.3, -0.25) is 0 Å². The van der Waals surface area contributed by atoms with Gasteiger partial charge in [-0.2, -0.15) is 0 Å². The molecule has 0 aromatic carbocycles. The van der Waals surface area contributed by atoms with Gasteiger partial charge in [-0.1, -0.05) is 0 Å². The van der Waals surface area contributed by atoms with Crippen LogP contribution in [0.1, 0.15) is 43.0 Å². The Hall–Kier alpha value is -1.37. The molecule has 0 bridgehead atoms. The van der Waals surface area contributed by atoms with Crippen molar-refractivity contribution in [1.82, 2.24) is 9.97 Å². The highest BCUT2D eigenvalue weighted by Crippen LogP contribution is 2.39. The van der Waals surface area contributed by atoms with Gasteiger partial charge in [-0.15, -0.1) is 0 Å². The Kier molecular flexibility index (Phi) is 3.32. The fraction of sp³-hybridized carbons (Fsp3) is 0.692. The van der Waals surface area contributed by atoms with E-state index in [2.05, 4.69) is 15.3 Å². The third-order valence-electron chi connectivity index (χ3n) is 4.04. The minimum atomic E-state index is -2.84. The lowest BCUT2D eigenvalue weighted by Gasteiger charge is -2.24. The summed E-state index contributed by atoms with van der Waals surface area (Å²) in [5, 5.41) is 3.36. The lowest BCUT2D eigenvalue weighted by Crippen LogP contribution is -2.32. The van der Waals surface area contributed by atoms with Gasteiger partial charge in [0.05, 0.1) is 11.5 Å².